The third kappa shape index (κ3) is 4.06. The van der Waals surface area contributed by atoms with Gasteiger partial charge >= 0.3 is 18.2 Å². The lowest BCUT2D eigenvalue weighted by atomic mass is 10.0. The molecule has 3 N–H and O–H groups in total. The maximum absolute atomic E-state index is 12.7. The molecule has 0 aliphatic rings. The largest absolute Gasteiger partial charge is 0.479 e. The summed E-state index contributed by atoms with van der Waals surface area (Å²) >= 11 is 1.31. The van der Waals surface area contributed by atoms with Gasteiger partial charge in [0.15, 0.2) is 0 Å². The van der Waals surface area contributed by atoms with Crippen LogP contribution < -0.4 is 10.6 Å². The van der Waals surface area contributed by atoms with Crippen molar-refractivity contribution in [2.75, 3.05) is 0 Å². The summed E-state index contributed by atoms with van der Waals surface area (Å²) in [7, 11) is 0. The van der Waals surface area contributed by atoms with Crippen molar-refractivity contribution in [3.8, 4) is 0 Å². The minimum atomic E-state index is -5.12. The van der Waals surface area contributed by atoms with Crippen molar-refractivity contribution in [1.29, 1.82) is 0 Å². The number of aryl methyl sites for hydroxylation is 1. The monoisotopic (exact) mass is 325 g/mol. The molecule has 21 heavy (non-hydrogen) atoms. The van der Waals surface area contributed by atoms with E-state index in [-0.39, 0.29) is 6.54 Å². The minimum absolute atomic E-state index is 0.0793. The van der Waals surface area contributed by atoms with Crippen LogP contribution >= 0.6 is 11.3 Å². The standard InChI is InChI=1S/C11H14F3N3O3S/c1-3-6-4-15-7(21-6)5-16-9(20)17-10(2,8(18)19)11(12,13)14/h4H,3,5H2,1-2H3,(H,18,19)(H2,16,17,20). The van der Waals surface area contributed by atoms with Gasteiger partial charge in [-0.2, -0.15) is 13.2 Å². The smallest absolute Gasteiger partial charge is 0.422 e. The number of hydrogen-bond acceptors (Lipinski definition) is 4. The number of carbonyl (C=O) groups is 2. The fraction of sp³-hybridized carbons (Fsp3) is 0.545. The van der Waals surface area contributed by atoms with E-state index >= 15 is 0 Å². The SMILES string of the molecule is CCc1cnc(CNC(=O)NC(C)(C(=O)O)C(F)(F)F)s1. The van der Waals surface area contributed by atoms with Crippen LogP contribution in [0, 0.1) is 0 Å². The first-order valence-electron chi connectivity index (χ1n) is 5.90. The van der Waals surface area contributed by atoms with Crippen LogP contribution in [0.4, 0.5) is 18.0 Å². The van der Waals surface area contributed by atoms with Crippen LogP contribution in [-0.4, -0.2) is 33.8 Å². The zero-order chi connectivity index (χ0) is 16.3. The summed E-state index contributed by atoms with van der Waals surface area (Å²) in [6.07, 6.45) is -2.75. The fourth-order valence-electron chi connectivity index (χ4n) is 1.27. The highest BCUT2D eigenvalue weighted by Gasteiger charge is 2.58. The van der Waals surface area contributed by atoms with Gasteiger partial charge in [-0.25, -0.2) is 14.6 Å². The third-order valence-electron chi connectivity index (χ3n) is 2.71. The average molecular weight is 325 g/mol. The molecule has 6 nitrogen and oxygen atoms in total. The molecule has 0 aliphatic heterocycles. The second-order valence-electron chi connectivity index (χ2n) is 4.31. The number of carboxylic acid groups (broad SMARTS) is 1. The molecule has 0 aliphatic carbocycles. The normalized spacial score (nSPS) is 14.3. The van der Waals surface area contributed by atoms with Crippen LogP contribution in [0.2, 0.25) is 0 Å². The predicted molar refractivity (Wildman–Crippen MR) is 69.0 cm³/mol. The molecule has 10 heteroatoms. The highest BCUT2D eigenvalue weighted by Crippen LogP contribution is 2.30. The highest BCUT2D eigenvalue weighted by molar-refractivity contribution is 7.11. The van der Waals surface area contributed by atoms with E-state index in [0.29, 0.717) is 11.9 Å². The number of aliphatic carboxylic acids is 1. The van der Waals surface area contributed by atoms with Crippen LogP contribution in [0.15, 0.2) is 6.20 Å². The summed E-state index contributed by atoms with van der Waals surface area (Å²) in [4.78, 5) is 27.1. The Bertz CT molecular complexity index is 532. The second kappa shape index (κ2) is 6.29. The number of amides is 2. The van der Waals surface area contributed by atoms with Crippen LogP contribution in [0.5, 0.6) is 0 Å². The van der Waals surface area contributed by atoms with Gasteiger partial charge in [-0.3, -0.25) is 0 Å². The van der Waals surface area contributed by atoms with Crippen molar-refractivity contribution in [2.45, 2.75) is 38.5 Å². The van der Waals surface area contributed by atoms with Gasteiger partial charge in [0.05, 0.1) is 6.54 Å². The number of alkyl halides is 3. The van der Waals surface area contributed by atoms with Gasteiger partial charge in [-0.1, -0.05) is 6.92 Å². The third-order valence-corrected chi connectivity index (χ3v) is 3.85. The van der Waals surface area contributed by atoms with Gasteiger partial charge in [0.2, 0.25) is 5.54 Å². The Labute approximate surface area is 122 Å². The molecule has 0 aromatic carbocycles. The Morgan fingerprint density at radius 2 is 2.05 bits per heavy atom. The van der Waals surface area contributed by atoms with Crippen LogP contribution in [-0.2, 0) is 17.8 Å². The number of aromatic nitrogens is 1. The molecule has 1 heterocycles. The van der Waals surface area contributed by atoms with Crippen LogP contribution in [0.1, 0.15) is 23.7 Å². The lowest BCUT2D eigenvalue weighted by Crippen LogP contribution is -2.63. The van der Waals surface area contributed by atoms with Gasteiger partial charge in [0.1, 0.15) is 5.01 Å². The molecule has 1 aromatic rings. The molecule has 0 spiro atoms. The summed E-state index contributed by atoms with van der Waals surface area (Å²) in [6.45, 7) is 2.22. The van der Waals surface area contributed by atoms with Gasteiger partial charge in [0.25, 0.3) is 0 Å². The Morgan fingerprint density at radius 3 is 2.48 bits per heavy atom. The molecule has 1 rings (SSSR count). The summed E-state index contributed by atoms with van der Waals surface area (Å²) in [5.74, 6) is -2.19. The number of rotatable bonds is 5. The first kappa shape index (κ1) is 17.2. The van der Waals surface area contributed by atoms with Crippen LogP contribution in [0.25, 0.3) is 0 Å². The number of hydrogen-bond donors (Lipinski definition) is 3. The van der Waals surface area contributed by atoms with Crippen molar-refractivity contribution in [3.63, 3.8) is 0 Å². The molecule has 0 radical (unpaired) electrons. The first-order chi connectivity index (χ1) is 9.60. The summed E-state index contributed by atoms with van der Waals surface area (Å²) in [5, 5.41) is 12.8. The molecule has 0 saturated heterocycles. The predicted octanol–water partition coefficient (Wildman–Crippen LogP) is 1.91. The summed E-state index contributed by atoms with van der Waals surface area (Å²) < 4.78 is 38.1. The molecule has 1 aromatic heterocycles. The lowest BCUT2D eigenvalue weighted by Gasteiger charge is -2.28. The number of urea groups is 1. The van der Waals surface area contributed by atoms with E-state index < -0.39 is 23.7 Å². The van der Waals surface area contributed by atoms with Crippen molar-refractivity contribution < 1.29 is 27.9 Å². The van der Waals surface area contributed by atoms with Gasteiger partial charge in [-0.15, -0.1) is 11.3 Å². The van der Waals surface area contributed by atoms with Gasteiger partial charge in [-0.05, 0) is 13.3 Å². The topological polar surface area (TPSA) is 91.3 Å². The number of nitrogens with one attached hydrogen (secondary N) is 2. The molecule has 2 amide bonds. The van der Waals surface area contributed by atoms with E-state index in [1.54, 1.807) is 6.20 Å². The van der Waals surface area contributed by atoms with Gasteiger partial charge in [0, 0.05) is 11.1 Å². The Morgan fingerprint density at radius 1 is 1.43 bits per heavy atom. The lowest BCUT2D eigenvalue weighted by molar-refractivity contribution is -0.203. The molecule has 0 bridgehead atoms. The molecular formula is C11H14F3N3O3S. The highest BCUT2D eigenvalue weighted by atomic mass is 32.1. The Balaban J connectivity index is 2.65. The molecule has 1 atom stereocenters. The number of carboxylic acids is 1. The first-order valence-corrected chi connectivity index (χ1v) is 6.71. The maximum atomic E-state index is 12.7. The molecule has 0 saturated carbocycles. The molecule has 1 unspecified atom stereocenters. The van der Waals surface area contributed by atoms with E-state index in [9.17, 15) is 22.8 Å². The van der Waals surface area contributed by atoms with E-state index in [2.05, 4.69) is 10.3 Å². The van der Waals surface area contributed by atoms with Crippen molar-refractivity contribution in [1.82, 2.24) is 15.6 Å². The van der Waals surface area contributed by atoms with E-state index in [1.165, 1.54) is 16.7 Å². The van der Waals surface area contributed by atoms with Crippen molar-refractivity contribution >= 4 is 23.3 Å². The maximum Gasteiger partial charge on any atom is 0.422 e. The van der Waals surface area contributed by atoms with E-state index in [0.717, 1.165) is 11.3 Å². The fourth-order valence-corrected chi connectivity index (χ4v) is 2.07. The minimum Gasteiger partial charge on any atom is -0.479 e. The number of nitrogens with zero attached hydrogens (tertiary/aromatic N) is 1. The van der Waals surface area contributed by atoms with Crippen molar-refractivity contribution in [3.05, 3.63) is 16.1 Å². The molecular weight excluding hydrogens is 311 g/mol. The van der Waals surface area contributed by atoms with E-state index in [1.807, 2.05) is 6.92 Å². The zero-order valence-corrected chi connectivity index (χ0v) is 12.1. The number of carbonyl (C=O) groups excluding carboxylic acids is 1. The van der Waals surface area contributed by atoms with Crippen molar-refractivity contribution in [2.24, 2.45) is 0 Å². The van der Waals surface area contributed by atoms with Crippen LogP contribution in [0.3, 0.4) is 0 Å². The Hall–Kier alpha value is -1.84. The molecule has 0 fully saturated rings. The quantitative estimate of drug-likeness (QED) is 0.771. The van der Waals surface area contributed by atoms with E-state index in [4.69, 9.17) is 5.11 Å². The molecule has 118 valence electrons. The number of thiazole rings is 1. The average Bonchev–Trinajstić information content (AvgIpc) is 2.82. The van der Waals surface area contributed by atoms with Gasteiger partial charge < -0.3 is 15.7 Å². The Kier molecular flexibility index (Phi) is 5.15. The zero-order valence-electron chi connectivity index (χ0n) is 11.2. The summed E-state index contributed by atoms with van der Waals surface area (Å²) in [5.41, 5.74) is -3.35. The number of halogens is 3. The second-order valence-corrected chi connectivity index (χ2v) is 5.51. The summed E-state index contributed by atoms with van der Waals surface area (Å²) in [6, 6.07) is -1.23.